The molecule has 1 atom stereocenters. The number of para-hydroxylation sites is 1. The van der Waals surface area contributed by atoms with E-state index in [1.165, 1.54) is 11.3 Å². The summed E-state index contributed by atoms with van der Waals surface area (Å²) in [6, 6.07) is 17.5. The SMILES string of the molecule is COc1cccc(C(=O)N=c2sc3ccccc3n2C(C)C(=O)NCc2ccco2)c1. The Morgan fingerprint density at radius 2 is 2.00 bits per heavy atom. The third-order valence-electron chi connectivity index (χ3n) is 4.83. The molecule has 4 aromatic rings. The second-order valence-corrected chi connectivity index (χ2v) is 7.85. The van der Waals surface area contributed by atoms with Crippen molar-refractivity contribution < 1.29 is 18.7 Å². The summed E-state index contributed by atoms with van der Waals surface area (Å²) in [7, 11) is 1.55. The number of nitrogens with one attached hydrogen (secondary N) is 1. The van der Waals surface area contributed by atoms with Gasteiger partial charge in [-0.1, -0.05) is 29.5 Å². The standard InChI is InChI=1S/C23H21N3O4S/c1-15(21(27)24-14-18-9-6-12-30-18)26-19-10-3-4-11-20(19)31-23(26)25-22(28)16-7-5-8-17(13-16)29-2/h3-13,15H,14H2,1-2H3,(H,24,27). The lowest BCUT2D eigenvalue weighted by Crippen LogP contribution is -2.34. The summed E-state index contributed by atoms with van der Waals surface area (Å²) in [6.07, 6.45) is 1.56. The summed E-state index contributed by atoms with van der Waals surface area (Å²) in [4.78, 5) is 30.5. The molecule has 2 heterocycles. The van der Waals surface area contributed by atoms with Gasteiger partial charge in [-0.25, -0.2) is 0 Å². The molecule has 31 heavy (non-hydrogen) atoms. The van der Waals surface area contributed by atoms with E-state index in [2.05, 4.69) is 10.3 Å². The Labute approximate surface area is 182 Å². The van der Waals surface area contributed by atoms with Crippen molar-refractivity contribution in [3.8, 4) is 5.75 Å². The molecule has 1 N–H and O–H groups in total. The molecule has 1 unspecified atom stereocenters. The number of rotatable bonds is 6. The molecule has 2 aromatic carbocycles. The average molecular weight is 436 g/mol. The first-order valence-corrected chi connectivity index (χ1v) is 10.5. The number of amides is 2. The van der Waals surface area contributed by atoms with Crippen LogP contribution >= 0.6 is 11.3 Å². The second-order valence-electron chi connectivity index (χ2n) is 6.84. The topological polar surface area (TPSA) is 85.8 Å². The van der Waals surface area contributed by atoms with Crippen LogP contribution in [0.1, 0.15) is 29.1 Å². The van der Waals surface area contributed by atoms with E-state index in [1.807, 2.05) is 24.3 Å². The van der Waals surface area contributed by atoms with E-state index in [9.17, 15) is 9.59 Å². The lowest BCUT2D eigenvalue weighted by atomic mass is 10.2. The van der Waals surface area contributed by atoms with Crippen molar-refractivity contribution >= 4 is 33.4 Å². The lowest BCUT2D eigenvalue weighted by Gasteiger charge is -2.14. The summed E-state index contributed by atoms with van der Waals surface area (Å²) in [6.45, 7) is 2.07. The highest BCUT2D eigenvalue weighted by atomic mass is 32.1. The van der Waals surface area contributed by atoms with Gasteiger partial charge in [0.15, 0.2) is 4.80 Å². The van der Waals surface area contributed by atoms with Gasteiger partial charge in [-0.05, 0) is 49.4 Å². The van der Waals surface area contributed by atoms with E-state index in [0.717, 1.165) is 10.2 Å². The first-order chi connectivity index (χ1) is 15.1. The van der Waals surface area contributed by atoms with Gasteiger partial charge in [0.2, 0.25) is 5.91 Å². The van der Waals surface area contributed by atoms with E-state index in [1.54, 1.807) is 61.3 Å². The molecule has 2 aromatic heterocycles. The summed E-state index contributed by atoms with van der Waals surface area (Å²) in [5.74, 6) is 0.646. The Morgan fingerprint density at radius 1 is 1.16 bits per heavy atom. The normalized spacial score (nSPS) is 12.6. The summed E-state index contributed by atoms with van der Waals surface area (Å²) in [5.41, 5.74) is 1.25. The molecular weight excluding hydrogens is 414 g/mol. The van der Waals surface area contributed by atoms with Crippen LogP contribution in [-0.2, 0) is 11.3 Å². The van der Waals surface area contributed by atoms with Gasteiger partial charge in [0, 0.05) is 5.56 Å². The fraction of sp³-hybridized carbons (Fsp3) is 0.174. The van der Waals surface area contributed by atoms with E-state index >= 15 is 0 Å². The van der Waals surface area contributed by atoms with Gasteiger partial charge in [0.05, 0.1) is 30.1 Å². The molecule has 0 radical (unpaired) electrons. The Kier molecular flexibility index (Phi) is 5.99. The number of thiazole rings is 1. The predicted molar refractivity (Wildman–Crippen MR) is 118 cm³/mol. The van der Waals surface area contributed by atoms with Gasteiger partial charge in [0.1, 0.15) is 17.6 Å². The van der Waals surface area contributed by atoms with Gasteiger partial charge in [0.25, 0.3) is 5.91 Å². The Morgan fingerprint density at radius 3 is 2.77 bits per heavy atom. The highest BCUT2D eigenvalue weighted by Gasteiger charge is 2.20. The van der Waals surface area contributed by atoms with Crippen LogP contribution in [0.15, 0.2) is 76.3 Å². The molecule has 8 heteroatoms. The average Bonchev–Trinajstić information content (AvgIpc) is 3.44. The van der Waals surface area contributed by atoms with E-state index in [4.69, 9.17) is 9.15 Å². The number of furan rings is 1. The highest BCUT2D eigenvalue weighted by Crippen LogP contribution is 2.21. The van der Waals surface area contributed by atoms with Crippen LogP contribution in [0.25, 0.3) is 10.2 Å². The van der Waals surface area contributed by atoms with Crippen molar-refractivity contribution in [2.24, 2.45) is 4.99 Å². The largest absolute Gasteiger partial charge is 0.497 e. The number of carbonyl (C=O) groups excluding carboxylic acids is 2. The zero-order chi connectivity index (χ0) is 21.8. The Hall–Kier alpha value is -3.65. The van der Waals surface area contributed by atoms with Crippen molar-refractivity contribution in [2.45, 2.75) is 19.5 Å². The number of ether oxygens (including phenoxy) is 1. The Bertz CT molecular complexity index is 1290. The van der Waals surface area contributed by atoms with Gasteiger partial charge in [-0.15, -0.1) is 0 Å². The molecule has 0 saturated carbocycles. The molecule has 0 spiro atoms. The number of methoxy groups -OCH3 is 1. The molecule has 2 amide bonds. The first-order valence-electron chi connectivity index (χ1n) is 9.70. The minimum Gasteiger partial charge on any atom is -0.497 e. The molecule has 0 aliphatic rings. The second kappa shape index (κ2) is 9.01. The number of hydrogen-bond donors (Lipinski definition) is 1. The molecule has 0 bridgehead atoms. The van der Waals surface area contributed by atoms with Crippen molar-refractivity contribution in [1.82, 2.24) is 9.88 Å². The van der Waals surface area contributed by atoms with E-state index in [-0.39, 0.29) is 12.5 Å². The monoisotopic (exact) mass is 435 g/mol. The molecule has 0 aliphatic heterocycles. The van der Waals surface area contributed by atoms with Gasteiger partial charge in [-0.3, -0.25) is 9.59 Å². The molecule has 0 saturated heterocycles. The maximum absolute atomic E-state index is 12.9. The van der Waals surface area contributed by atoms with Crippen LogP contribution in [0.5, 0.6) is 5.75 Å². The van der Waals surface area contributed by atoms with Crippen molar-refractivity contribution in [3.05, 3.63) is 83.1 Å². The van der Waals surface area contributed by atoms with Crippen LogP contribution in [0.4, 0.5) is 0 Å². The minimum absolute atomic E-state index is 0.199. The third-order valence-corrected chi connectivity index (χ3v) is 5.87. The van der Waals surface area contributed by atoms with Crippen molar-refractivity contribution in [2.75, 3.05) is 7.11 Å². The van der Waals surface area contributed by atoms with Crippen molar-refractivity contribution in [1.29, 1.82) is 0 Å². The highest BCUT2D eigenvalue weighted by molar-refractivity contribution is 7.16. The number of carbonyl (C=O) groups is 2. The number of nitrogens with zero attached hydrogens (tertiary/aromatic N) is 2. The van der Waals surface area contributed by atoms with Crippen LogP contribution in [0.2, 0.25) is 0 Å². The predicted octanol–water partition coefficient (Wildman–Crippen LogP) is 3.92. The third kappa shape index (κ3) is 4.44. The maximum Gasteiger partial charge on any atom is 0.279 e. The fourth-order valence-corrected chi connectivity index (χ4v) is 4.30. The smallest absolute Gasteiger partial charge is 0.279 e. The number of benzene rings is 2. The van der Waals surface area contributed by atoms with Crippen LogP contribution in [0.3, 0.4) is 0 Å². The summed E-state index contributed by atoms with van der Waals surface area (Å²) in [5, 5.41) is 2.87. The summed E-state index contributed by atoms with van der Waals surface area (Å²) < 4.78 is 13.2. The Balaban J connectivity index is 1.70. The van der Waals surface area contributed by atoms with E-state index < -0.39 is 11.9 Å². The van der Waals surface area contributed by atoms with Gasteiger partial charge >= 0.3 is 0 Å². The molecule has 0 fully saturated rings. The zero-order valence-corrected chi connectivity index (χ0v) is 17.9. The van der Waals surface area contributed by atoms with Crippen LogP contribution in [-0.4, -0.2) is 23.5 Å². The maximum atomic E-state index is 12.9. The van der Waals surface area contributed by atoms with Crippen LogP contribution in [0, 0.1) is 0 Å². The minimum atomic E-state index is -0.581. The van der Waals surface area contributed by atoms with Gasteiger partial charge < -0.3 is 19.0 Å². The number of fused-ring (bicyclic) bond motifs is 1. The molecule has 4 rings (SSSR count). The quantitative estimate of drug-likeness (QED) is 0.497. The molecule has 0 aliphatic carbocycles. The molecular formula is C23H21N3O4S. The zero-order valence-electron chi connectivity index (χ0n) is 17.1. The number of hydrogen-bond acceptors (Lipinski definition) is 5. The van der Waals surface area contributed by atoms with Gasteiger partial charge in [-0.2, -0.15) is 4.99 Å². The molecule has 158 valence electrons. The van der Waals surface area contributed by atoms with Crippen LogP contribution < -0.4 is 14.9 Å². The number of aromatic nitrogens is 1. The van der Waals surface area contributed by atoms with E-state index in [0.29, 0.717) is 21.9 Å². The van der Waals surface area contributed by atoms with Crippen molar-refractivity contribution in [3.63, 3.8) is 0 Å². The summed E-state index contributed by atoms with van der Waals surface area (Å²) >= 11 is 1.36. The first kappa shape index (κ1) is 20.6. The fourth-order valence-electron chi connectivity index (χ4n) is 3.20. The lowest BCUT2D eigenvalue weighted by molar-refractivity contribution is -0.124. The molecule has 7 nitrogen and oxygen atoms in total.